The van der Waals surface area contributed by atoms with Crippen LogP contribution >= 0.6 is 0 Å². The smallest absolute Gasteiger partial charge is 0.399 e. The van der Waals surface area contributed by atoms with Crippen molar-refractivity contribution in [1.29, 1.82) is 0 Å². The topological polar surface area (TPSA) is 41.9 Å². The number of benzene rings is 5. The minimum atomic E-state index is -0.621. The molecule has 10 rings (SSSR count). The Morgan fingerprint density at radius 2 is 0.940 bits per heavy atom. The zero-order chi connectivity index (χ0) is 34.6. The third-order valence-corrected chi connectivity index (χ3v) is 12.9. The fourth-order valence-corrected chi connectivity index (χ4v) is 8.89. The van der Waals surface area contributed by atoms with E-state index in [1.165, 1.54) is 60.9 Å². The van der Waals surface area contributed by atoms with E-state index in [2.05, 4.69) is 163 Å². The predicted molar refractivity (Wildman–Crippen MR) is 203 cm³/mol. The molecule has 0 saturated carbocycles. The van der Waals surface area contributed by atoms with Crippen LogP contribution in [0, 0.1) is 0 Å². The molecule has 5 aromatic carbocycles. The molecule has 0 atom stereocenters. The summed E-state index contributed by atoms with van der Waals surface area (Å²) in [4.78, 5) is 0. The lowest BCUT2D eigenvalue weighted by atomic mass is 9.63. The Bertz CT molecular complexity index is 2320. The van der Waals surface area contributed by atoms with E-state index < -0.39 is 42.1 Å². The summed E-state index contributed by atoms with van der Waals surface area (Å²) in [6.45, 7) is 16.9. The van der Waals surface area contributed by atoms with Crippen LogP contribution in [0.4, 0.5) is 0 Å². The number of fused-ring (bicyclic) bond motifs is 12. The normalized spacial score (nSPS) is 21.2. The van der Waals surface area contributed by atoms with Gasteiger partial charge in [-0.1, -0.05) is 91.0 Å². The molecule has 6 aromatic rings. The van der Waals surface area contributed by atoms with Gasteiger partial charge in [-0.25, -0.2) is 0 Å². The Morgan fingerprint density at radius 3 is 1.52 bits per heavy atom. The second kappa shape index (κ2) is 9.59. The zero-order valence-corrected chi connectivity index (χ0v) is 30.0. The summed E-state index contributed by atoms with van der Waals surface area (Å²) in [6, 6.07) is 38.3. The van der Waals surface area contributed by atoms with Crippen molar-refractivity contribution < 1.29 is 18.6 Å². The van der Waals surface area contributed by atoms with Gasteiger partial charge in [0.15, 0.2) is 0 Å². The number of hydrogen-bond acceptors (Lipinski definition) is 4. The number of rotatable bonds is 2. The minimum absolute atomic E-state index is 0.445. The number of nitrogens with zero attached hydrogens (tertiary/aromatic N) is 1. The lowest BCUT2D eigenvalue weighted by molar-refractivity contribution is 0.00578. The summed E-state index contributed by atoms with van der Waals surface area (Å²) in [6.07, 6.45) is 0. The second-order valence-corrected chi connectivity index (χ2v) is 16.6. The van der Waals surface area contributed by atoms with E-state index in [4.69, 9.17) is 18.6 Å². The molecule has 248 valence electrons. The molecule has 0 N–H and O–H groups in total. The summed E-state index contributed by atoms with van der Waals surface area (Å²) < 4.78 is 29.1. The van der Waals surface area contributed by atoms with Gasteiger partial charge in [-0.2, -0.15) is 0 Å². The molecule has 4 heterocycles. The average molecular weight is 657 g/mol. The third kappa shape index (κ3) is 3.69. The molecule has 2 fully saturated rings. The van der Waals surface area contributed by atoms with Crippen LogP contribution in [-0.4, -0.2) is 41.2 Å². The highest BCUT2D eigenvalue weighted by atomic mass is 16.7. The lowest BCUT2D eigenvalue weighted by Crippen LogP contribution is -2.41. The van der Waals surface area contributed by atoms with Crippen molar-refractivity contribution >= 4 is 47.0 Å². The first-order valence-electron chi connectivity index (χ1n) is 17.9. The maximum absolute atomic E-state index is 6.65. The van der Waals surface area contributed by atoms with Crippen molar-refractivity contribution in [3.8, 4) is 16.8 Å². The summed E-state index contributed by atoms with van der Waals surface area (Å²) in [5.41, 5.74) is 10.7. The molecule has 5 nitrogen and oxygen atoms in total. The van der Waals surface area contributed by atoms with Crippen molar-refractivity contribution in [1.82, 2.24) is 4.57 Å². The summed E-state index contributed by atoms with van der Waals surface area (Å²) in [5.74, 6) is 0. The first-order chi connectivity index (χ1) is 23.8. The number of hydrogen-bond donors (Lipinski definition) is 0. The van der Waals surface area contributed by atoms with Crippen LogP contribution in [0.15, 0.2) is 103 Å². The van der Waals surface area contributed by atoms with E-state index in [-0.39, 0.29) is 0 Å². The summed E-state index contributed by atoms with van der Waals surface area (Å²) >= 11 is 0. The van der Waals surface area contributed by atoms with Crippen molar-refractivity contribution in [3.63, 3.8) is 0 Å². The fraction of sp³-hybridized carbons (Fsp3) is 0.302. The Morgan fingerprint density at radius 1 is 0.460 bits per heavy atom. The molecule has 7 heteroatoms. The van der Waals surface area contributed by atoms with Crippen molar-refractivity contribution in [2.24, 2.45) is 0 Å². The van der Waals surface area contributed by atoms with Gasteiger partial charge in [-0.3, -0.25) is 0 Å². The molecule has 0 amide bonds. The lowest BCUT2D eigenvalue weighted by Gasteiger charge is -2.40. The van der Waals surface area contributed by atoms with Gasteiger partial charge >= 0.3 is 14.2 Å². The zero-order valence-electron chi connectivity index (χ0n) is 30.0. The van der Waals surface area contributed by atoms with E-state index in [0.29, 0.717) is 0 Å². The Balaban J connectivity index is 1.30. The standard InChI is InChI=1S/C43H41B2NO4/c1-39(2)40(3,4)48-44(47-39)26-20-22-28-29-23-21-27(45-49-41(5,6)42(7,8)50-45)25-35(29)43(34(28)24-26)32-16-10-12-19-37(32)46-36-18-11-9-14-30(36)31-15-13-17-33(43)38(31)46/h9-25H,1-8H3. The van der Waals surface area contributed by atoms with Crippen LogP contribution < -0.4 is 10.9 Å². The van der Waals surface area contributed by atoms with Crippen molar-refractivity contribution in [2.75, 3.05) is 0 Å². The van der Waals surface area contributed by atoms with Crippen LogP contribution in [-0.2, 0) is 24.0 Å². The van der Waals surface area contributed by atoms with Crippen molar-refractivity contribution in [2.45, 2.75) is 83.2 Å². The first-order valence-corrected chi connectivity index (χ1v) is 17.9. The molecule has 1 aliphatic carbocycles. The Kier molecular flexibility index (Phi) is 5.89. The second-order valence-electron chi connectivity index (χ2n) is 16.6. The summed E-state index contributed by atoms with van der Waals surface area (Å²) in [7, 11) is -0.958. The van der Waals surface area contributed by atoms with Gasteiger partial charge in [0, 0.05) is 10.8 Å². The van der Waals surface area contributed by atoms with Crippen LogP contribution in [0.2, 0.25) is 0 Å². The van der Waals surface area contributed by atoms with E-state index in [1.54, 1.807) is 0 Å². The number of para-hydroxylation sites is 3. The molecule has 2 saturated heterocycles. The Labute approximate surface area is 294 Å². The molecule has 0 radical (unpaired) electrons. The molecule has 1 spiro atoms. The minimum Gasteiger partial charge on any atom is -0.399 e. The predicted octanol–water partition coefficient (Wildman–Crippen LogP) is 8.06. The molecule has 0 unspecified atom stereocenters. The highest BCUT2D eigenvalue weighted by Crippen LogP contribution is 2.61. The van der Waals surface area contributed by atoms with Gasteiger partial charge in [0.1, 0.15) is 0 Å². The number of aromatic nitrogens is 1. The van der Waals surface area contributed by atoms with Gasteiger partial charge in [0.05, 0.1) is 44.5 Å². The Hall–Kier alpha value is -4.13. The van der Waals surface area contributed by atoms with Crippen LogP contribution in [0.5, 0.6) is 0 Å². The maximum atomic E-state index is 6.65. The van der Waals surface area contributed by atoms with Crippen LogP contribution in [0.1, 0.15) is 77.6 Å². The molecule has 4 aliphatic rings. The molecule has 0 bridgehead atoms. The van der Waals surface area contributed by atoms with E-state index in [9.17, 15) is 0 Å². The quantitative estimate of drug-likeness (QED) is 0.177. The average Bonchev–Trinajstić information content (AvgIpc) is 3.72. The van der Waals surface area contributed by atoms with Gasteiger partial charge in [-0.15, -0.1) is 0 Å². The fourth-order valence-electron chi connectivity index (χ4n) is 8.89. The largest absolute Gasteiger partial charge is 0.494 e. The van der Waals surface area contributed by atoms with Gasteiger partial charge in [0.2, 0.25) is 0 Å². The maximum Gasteiger partial charge on any atom is 0.494 e. The highest BCUT2D eigenvalue weighted by Gasteiger charge is 2.56. The van der Waals surface area contributed by atoms with Gasteiger partial charge in [-0.05, 0) is 112 Å². The van der Waals surface area contributed by atoms with Crippen LogP contribution in [0.25, 0.3) is 38.6 Å². The highest BCUT2D eigenvalue weighted by molar-refractivity contribution is 6.62. The SMILES string of the molecule is CC1(C)OB(c2ccc3c(c2)C2(c4cc(B5OC(C)(C)C(C)(C)O5)ccc4-3)c3ccccc3-n3c4ccccc4c4cccc2c43)OC1(C)C. The molecular weight excluding hydrogens is 616 g/mol. The molecule has 50 heavy (non-hydrogen) atoms. The van der Waals surface area contributed by atoms with E-state index in [1.807, 2.05) is 0 Å². The van der Waals surface area contributed by atoms with E-state index >= 15 is 0 Å². The van der Waals surface area contributed by atoms with Gasteiger partial charge in [0.25, 0.3) is 0 Å². The summed E-state index contributed by atoms with van der Waals surface area (Å²) in [5, 5.41) is 2.51. The molecular formula is C43H41B2NO4. The molecule has 3 aliphatic heterocycles. The third-order valence-electron chi connectivity index (χ3n) is 12.9. The van der Waals surface area contributed by atoms with E-state index in [0.717, 1.165) is 10.9 Å². The first kappa shape index (κ1) is 30.7. The molecule has 1 aromatic heterocycles. The van der Waals surface area contributed by atoms with Gasteiger partial charge < -0.3 is 23.2 Å². The van der Waals surface area contributed by atoms with Crippen LogP contribution in [0.3, 0.4) is 0 Å². The van der Waals surface area contributed by atoms with Crippen molar-refractivity contribution in [3.05, 3.63) is 125 Å². The monoisotopic (exact) mass is 657 g/mol.